The predicted octanol–water partition coefficient (Wildman–Crippen LogP) is 8.60. The predicted molar refractivity (Wildman–Crippen MR) is 199 cm³/mol. The van der Waals surface area contributed by atoms with Gasteiger partial charge in [-0.15, -0.1) is 0 Å². The molecule has 0 amide bonds. The highest BCUT2D eigenvalue weighted by Crippen LogP contribution is 2.47. The molecule has 262 valence electrons. The molecule has 0 unspecified atom stereocenters. The molecule has 2 N–H and O–H groups in total. The van der Waals surface area contributed by atoms with Gasteiger partial charge < -0.3 is 33.1 Å². The summed E-state index contributed by atoms with van der Waals surface area (Å²) in [6.45, 7) is 24.8. The van der Waals surface area contributed by atoms with Crippen LogP contribution in [-0.4, -0.2) is 67.5 Å². The Morgan fingerprint density at radius 1 is 0.917 bits per heavy atom. The van der Waals surface area contributed by atoms with Gasteiger partial charge in [-0.25, -0.2) is 9.97 Å². The fraction of sp³-hybridized carbons (Fsp3) is 0.571. The fourth-order valence-corrected chi connectivity index (χ4v) is 9.14. The van der Waals surface area contributed by atoms with Crippen molar-refractivity contribution >= 4 is 45.2 Å². The molecule has 1 aromatic carbocycles. The highest BCUT2D eigenvalue weighted by molar-refractivity contribution is 7.98. The second kappa shape index (κ2) is 13.6. The Morgan fingerprint density at radius 2 is 1.54 bits per heavy atom. The first-order valence-corrected chi connectivity index (χ1v) is 23.6. The van der Waals surface area contributed by atoms with Crippen molar-refractivity contribution in [2.45, 2.75) is 115 Å². The first-order chi connectivity index (χ1) is 22.3. The molecule has 1 fully saturated rings. The third-order valence-electron chi connectivity index (χ3n) is 10.4. The molecule has 0 bridgehead atoms. The average molecular weight is 712 g/mol. The molecular weight excluding hydrogens is 659 g/mol. The molecule has 1 aliphatic heterocycles. The van der Waals surface area contributed by atoms with Crippen molar-refractivity contribution in [3.63, 3.8) is 0 Å². The molecule has 4 atom stereocenters. The number of nitrogens with zero attached hydrogens (tertiary/aromatic N) is 4. The van der Waals surface area contributed by atoms with Crippen LogP contribution >= 0.6 is 11.8 Å². The summed E-state index contributed by atoms with van der Waals surface area (Å²) >= 11 is 1.79. The number of rotatable bonds is 11. The molecule has 48 heavy (non-hydrogen) atoms. The summed E-state index contributed by atoms with van der Waals surface area (Å²) in [6.07, 6.45) is 2.14. The fourth-order valence-electron chi connectivity index (χ4n) is 5.37. The normalized spacial score (nSPS) is 20.9. The van der Waals surface area contributed by atoms with Crippen molar-refractivity contribution in [3.05, 3.63) is 54.1 Å². The van der Waals surface area contributed by atoms with Gasteiger partial charge in [0.25, 0.3) is 0 Å². The lowest BCUT2D eigenvalue weighted by Crippen LogP contribution is -2.53. The Balaban J connectivity index is 1.50. The van der Waals surface area contributed by atoms with Gasteiger partial charge in [-0.05, 0) is 73.5 Å². The number of ether oxygens (including phenoxy) is 2. The maximum atomic E-state index is 7.32. The number of benzene rings is 1. The third kappa shape index (κ3) is 7.27. The number of nitrogen functional groups attached to an aromatic ring is 1. The molecule has 4 heterocycles. The highest BCUT2D eigenvalue weighted by atomic mass is 32.2. The lowest BCUT2D eigenvalue weighted by Gasteiger charge is -2.44. The number of nitrogens with two attached hydrogens (primary N) is 1. The van der Waals surface area contributed by atoms with E-state index in [1.165, 1.54) is 6.33 Å². The number of hydrogen-bond donors (Lipinski definition) is 1. The Morgan fingerprint density at radius 3 is 2.15 bits per heavy atom. The standard InChI is InChI=1S/C35H53N5O5SSi2/c1-22-26(28(43-39-22)23-13-15-24(41-8)16-14-23)19-46-20-27-29(44-47(9,10)34(2,3)4)30(45-48(11,12)35(5,6)7)33(42-27)40-18-17-25-31(36)37-21-38-32(25)40/h13-18,21,27,29-30,33H,19-20H2,1-12H3,(H2,36,37,38)/t27-,29-,30-,33-/m1/s1. The Kier molecular flexibility index (Phi) is 10.3. The van der Waals surface area contributed by atoms with Crippen molar-refractivity contribution in [3.8, 4) is 17.1 Å². The molecule has 13 heteroatoms. The van der Waals surface area contributed by atoms with E-state index in [1.54, 1.807) is 18.9 Å². The summed E-state index contributed by atoms with van der Waals surface area (Å²) in [7, 11) is -2.88. The van der Waals surface area contributed by atoms with Gasteiger partial charge in [0.15, 0.2) is 28.6 Å². The van der Waals surface area contributed by atoms with Crippen LogP contribution in [0.5, 0.6) is 5.75 Å². The molecule has 0 aliphatic carbocycles. The smallest absolute Gasteiger partial charge is 0.192 e. The molecule has 1 saturated heterocycles. The minimum Gasteiger partial charge on any atom is -0.497 e. The molecule has 0 saturated carbocycles. The monoisotopic (exact) mass is 711 g/mol. The topological polar surface area (TPSA) is 120 Å². The van der Waals surface area contributed by atoms with E-state index < -0.39 is 22.9 Å². The van der Waals surface area contributed by atoms with E-state index in [4.69, 9.17) is 28.6 Å². The summed E-state index contributed by atoms with van der Waals surface area (Å²) in [5.41, 5.74) is 9.90. The summed E-state index contributed by atoms with van der Waals surface area (Å²) in [4.78, 5) is 8.85. The first-order valence-electron chi connectivity index (χ1n) is 16.6. The zero-order chi connectivity index (χ0) is 35.2. The number of methoxy groups -OCH3 is 1. The number of thioether (sulfide) groups is 1. The van der Waals surface area contributed by atoms with Crippen molar-refractivity contribution in [1.29, 1.82) is 0 Å². The van der Waals surface area contributed by atoms with Gasteiger partial charge >= 0.3 is 0 Å². The Bertz CT molecular complexity index is 1710. The minimum atomic E-state index is -2.28. The Labute approximate surface area is 291 Å². The maximum Gasteiger partial charge on any atom is 0.192 e. The van der Waals surface area contributed by atoms with Crippen LogP contribution in [0.15, 0.2) is 47.4 Å². The van der Waals surface area contributed by atoms with E-state index in [0.29, 0.717) is 17.3 Å². The molecule has 5 rings (SSSR count). The summed E-state index contributed by atoms with van der Waals surface area (Å²) in [6, 6.07) is 9.83. The number of aromatic nitrogens is 4. The van der Waals surface area contributed by atoms with Crippen LogP contribution in [0.2, 0.25) is 36.3 Å². The lowest BCUT2D eigenvalue weighted by atomic mass is 10.1. The van der Waals surface area contributed by atoms with Crippen LogP contribution in [0.3, 0.4) is 0 Å². The number of fused-ring (bicyclic) bond motifs is 1. The molecule has 0 radical (unpaired) electrons. The molecule has 4 aromatic rings. The van der Waals surface area contributed by atoms with Gasteiger partial charge in [-0.2, -0.15) is 11.8 Å². The zero-order valence-electron chi connectivity index (χ0n) is 30.6. The van der Waals surface area contributed by atoms with Gasteiger partial charge in [-0.3, -0.25) is 0 Å². The molecule has 10 nitrogen and oxygen atoms in total. The van der Waals surface area contributed by atoms with Crippen molar-refractivity contribution in [2.24, 2.45) is 0 Å². The van der Waals surface area contributed by atoms with Gasteiger partial charge in [-0.1, -0.05) is 46.7 Å². The summed E-state index contributed by atoms with van der Waals surface area (Å²) in [5, 5.41) is 5.10. The van der Waals surface area contributed by atoms with Crippen molar-refractivity contribution < 1.29 is 22.8 Å². The quantitative estimate of drug-likeness (QED) is 0.152. The van der Waals surface area contributed by atoms with Crippen LogP contribution in [0.4, 0.5) is 5.82 Å². The Hall–Kier alpha value is -2.69. The lowest BCUT2D eigenvalue weighted by molar-refractivity contribution is -0.0244. The van der Waals surface area contributed by atoms with Crippen molar-refractivity contribution in [2.75, 3.05) is 18.6 Å². The van der Waals surface area contributed by atoms with Crippen LogP contribution in [0.1, 0.15) is 59.0 Å². The molecule has 3 aromatic heterocycles. The van der Waals surface area contributed by atoms with Gasteiger partial charge in [0.05, 0.1) is 24.3 Å². The number of anilines is 1. The van der Waals surface area contributed by atoms with Gasteiger partial charge in [0, 0.05) is 28.8 Å². The van der Waals surface area contributed by atoms with Crippen LogP contribution < -0.4 is 10.5 Å². The zero-order valence-corrected chi connectivity index (χ0v) is 33.4. The second-order valence-electron chi connectivity index (χ2n) is 15.8. The van der Waals surface area contributed by atoms with E-state index in [-0.39, 0.29) is 28.4 Å². The van der Waals surface area contributed by atoms with E-state index >= 15 is 0 Å². The van der Waals surface area contributed by atoms with E-state index in [0.717, 1.165) is 39.4 Å². The summed E-state index contributed by atoms with van der Waals surface area (Å²) in [5.74, 6) is 3.41. The molecule has 0 spiro atoms. The van der Waals surface area contributed by atoms with E-state index in [9.17, 15) is 0 Å². The maximum absolute atomic E-state index is 7.32. The van der Waals surface area contributed by atoms with Gasteiger partial charge in [0.1, 0.15) is 35.7 Å². The molecular formula is C35H53N5O5SSi2. The van der Waals surface area contributed by atoms with Crippen LogP contribution in [0.25, 0.3) is 22.4 Å². The van der Waals surface area contributed by atoms with Gasteiger partial charge in [0.2, 0.25) is 0 Å². The summed E-state index contributed by atoms with van der Waals surface area (Å²) < 4.78 is 34.9. The van der Waals surface area contributed by atoms with Crippen LogP contribution in [0, 0.1) is 6.92 Å². The second-order valence-corrected chi connectivity index (χ2v) is 26.3. The van der Waals surface area contributed by atoms with E-state index in [1.807, 2.05) is 43.5 Å². The molecule has 1 aliphatic rings. The number of aryl methyl sites for hydroxylation is 1. The van der Waals surface area contributed by atoms with E-state index in [2.05, 4.69) is 87.4 Å². The highest BCUT2D eigenvalue weighted by Gasteiger charge is 2.54. The minimum absolute atomic E-state index is 0.00103. The van der Waals surface area contributed by atoms with Crippen LogP contribution in [-0.2, 0) is 19.3 Å². The van der Waals surface area contributed by atoms with Crippen molar-refractivity contribution in [1.82, 2.24) is 19.7 Å². The third-order valence-corrected chi connectivity index (χ3v) is 20.4. The largest absolute Gasteiger partial charge is 0.497 e. The number of hydrogen-bond acceptors (Lipinski definition) is 10. The first kappa shape index (κ1) is 36.6. The average Bonchev–Trinajstić information content (AvgIpc) is 3.68. The SMILES string of the molecule is COc1ccc(-c2onc(C)c2CSC[C@H]2O[C@@H](n3ccc4c(N)ncnc43)[C@H](O[Si](C)(C)C(C)(C)C)[C@@H]2O[Si](C)(C)C(C)(C)C)cc1.